The van der Waals surface area contributed by atoms with Gasteiger partial charge in [-0.05, 0) is 47.9 Å². The molecule has 0 fully saturated rings. The maximum Gasteiger partial charge on any atom is 0.408 e. The van der Waals surface area contributed by atoms with Crippen LogP contribution in [0.5, 0.6) is 0 Å². The number of carbonyl (C=O) groups is 2. The maximum absolute atomic E-state index is 12.6. The Balaban J connectivity index is 1.63. The van der Waals surface area contributed by atoms with Gasteiger partial charge in [-0.2, -0.15) is 0 Å². The fraction of sp³-hybridized carbons (Fsp3) is 0.333. The Kier molecular flexibility index (Phi) is 7.72. The summed E-state index contributed by atoms with van der Waals surface area (Å²) in [6.45, 7) is 3.79. The normalized spacial score (nSPS) is 13.8. The number of hydrogen-bond acceptors (Lipinski definition) is 3. The van der Waals surface area contributed by atoms with Crippen molar-refractivity contribution in [2.24, 2.45) is 0 Å². The van der Waals surface area contributed by atoms with Crippen LogP contribution in [0.2, 0.25) is 0 Å². The van der Waals surface area contributed by atoms with Crippen molar-refractivity contribution in [1.29, 1.82) is 0 Å². The molecule has 2 aromatic rings. The highest BCUT2D eigenvalue weighted by Crippen LogP contribution is 2.44. The van der Waals surface area contributed by atoms with Crippen LogP contribution in [-0.2, 0) is 9.53 Å². The number of terminal acetylenes is 1. The summed E-state index contributed by atoms with van der Waals surface area (Å²) >= 11 is 0. The molecule has 0 aromatic heterocycles. The molecule has 0 bridgehead atoms. The van der Waals surface area contributed by atoms with E-state index in [0.717, 1.165) is 47.9 Å². The molecule has 0 spiro atoms. The molecule has 1 amide bonds. The van der Waals surface area contributed by atoms with Crippen molar-refractivity contribution in [3.63, 3.8) is 0 Å². The molecule has 0 saturated heterocycles. The first-order valence-corrected chi connectivity index (χ1v) is 11.0. The fourth-order valence-corrected chi connectivity index (χ4v) is 4.23. The Morgan fingerprint density at radius 2 is 1.66 bits per heavy atom. The number of carbonyl (C=O) groups excluding carboxylic acids is 1. The molecule has 0 aliphatic heterocycles. The topological polar surface area (TPSA) is 75.6 Å². The Morgan fingerprint density at radius 3 is 2.22 bits per heavy atom. The highest BCUT2D eigenvalue weighted by molar-refractivity contribution is 5.88. The average Bonchev–Trinajstić information content (AvgIpc) is 3.13. The Hall–Kier alpha value is -3.52. The van der Waals surface area contributed by atoms with Gasteiger partial charge < -0.3 is 9.84 Å². The van der Waals surface area contributed by atoms with Crippen molar-refractivity contribution < 1.29 is 19.4 Å². The lowest BCUT2D eigenvalue weighted by Crippen LogP contribution is -2.53. The van der Waals surface area contributed by atoms with Gasteiger partial charge in [0.05, 0.1) is 0 Å². The van der Waals surface area contributed by atoms with Gasteiger partial charge in [-0.1, -0.05) is 73.4 Å². The van der Waals surface area contributed by atoms with E-state index in [1.165, 1.54) is 0 Å². The molecule has 0 radical (unpaired) electrons. The zero-order valence-electron chi connectivity index (χ0n) is 18.2. The number of fused-ring (bicyclic) bond motifs is 3. The number of aliphatic carboxylic acids is 1. The molecule has 2 aromatic carbocycles. The SMILES string of the molecule is C#C[C@](CCCCCCC=C)(NC(=O)OCC1c2ccccc2-c2ccccc21)C(=O)O. The predicted octanol–water partition coefficient (Wildman–Crippen LogP) is 5.51. The highest BCUT2D eigenvalue weighted by Gasteiger charge is 2.39. The number of carboxylic acids is 1. The lowest BCUT2D eigenvalue weighted by molar-refractivity contribution is -0.142. The van der Waals surface area contributed by atoms with Crippen LogP contribution >= 0.6 is 0 Å². The zero-order valence-corrected chi connectivity index (χ0v) is 18.2. The molecule has 5 nitrogen and oxygen atoms in total. The van der Waals surface area contributed by atoms with E-state index in [2.05, 4.69) is 29.9 Å². The van der Waals surface area contributed by atoms with Gasteiger partial charge >= 0.3 is 12.1 Å². The minimum Gasteiger partial charge on any atom is -0.479 e. The molecular weight excluding hydrogens is 402 g/mol. The van der Waals surface area contributed by atoms with Crippen LogP contribution in [0.1, 0.15) is 55.6 Å². The van der Waals surface area contributed by atoms with Gasteiger partial charge in [-0.15, -0.1) is 13.0 Å². The number of rotatable bonds is 11. The first-order chi connectivity index (χ1) is 15.5. The van der Waals surface area contributed by atoms with E-state index in [4.69, 9.17) is 11.2 Å². The van der Waals surface area contributed by atoms with Crippen molar-refractivity contribution in [1.82, 2.24) is 5.32 Å². The van der Waals surface area contributed by atoms with Gasteiger partial charge in [-0.25, -0.2) is 9.59 Å². The standard InChI is InChI=1S/C27H29NO4/c1-3-5-6-7-8-13-18-27(4-2,25(29)30)28-26(31)32-19-24-22-16-11-9-14-20(22)21-15-10-12-17-23(21)24/h2-3,9-12,14-17,24H,1,5-8,13,18-19H2,(H,28,31)(H,29,30)/t27-/m1/s1. The number of amides is 1. The van der Waals surface area contributed by atoms with Crippen LogP contribution in [-0.4, -0.2) is 29.3 Å². The van der Waals surface area contributed by atoms with Crippen molar-refractivity contribution in [2.75, 3.05) is 6.61 Å². The lowest BCUT2D eigenvalue weighted by Gasteiger charge is -2.25. The summed E-state index contributed by atoms with van der Waals surface area (Å²) in [6.07, 6.45) is 11.0. The molecular formula is C27H29NO4. The number of hydrogen-bond donors (Lipinski definition) is 2. The molecule has 2 N–H and O–H groups in total. The van der Waals surface area contributed by atoms with Gasteiger partial charge in [0.2, 0.25) is 5.54 Å². The van der Waals surface area contributed by atoms with E-state index in [9.17, 15) is 14.7 Å². The molecule has 166 valence electrons. The zero-order chi connectivity index (χ0) is 23.0. The molecule has 1 atom stereocenters. The molecule has 0 heterocycles. The molecule has 5 heteroatoms. The van der Waals surface area contributed by atoms with Crippen molar-refractivity contribution >= 4 is 12.1 Å². The number of alkyl carbamates (subject to hydrolysis) is 1. The highest BCUT2D eigenvalue weighted by atomic mass is 16.5. The third-order valence-electron chi connectivity index (χ3n) is 5.98. The van der Waals surface area contributed by atoms with Crippen LogP contribution < -0.4 is 5.32 Å². The summed E-state index contributed by atoms with van der Waals surface area (Å²) in [5.74, 6) is 0.921. The molecule has 0 unspecified atom stereocenters. The fourth-order valence-electron chi connectivity index (χ4n) is 4.23. The van der Waals surface area contributed by atoms with E-state index in [1.807, 2.05) is 42.5 Å². The van der Waals surface area contributed by atoms with E-state index < -0.39 is 17.6 Å². The molecule has 1 aliphatic carbocycles. The molecule has 32 heavy (non-hydrogen) atoms. The summed E-state index contributed by atoms with van der Waals surface area (Å²) in [4.78, 5) is 24.5. The molecule has 1 aliphatic rings. The van der Waals surface area contributed by atoms with Gasteiger partial charge in [0.25, 0.3) is 0 Å². The van der Waals surface area contributed by atoms with Gasteiger partial charge in [-0.3, -0.25) is 5.32 Å². The Labute approximate surface area is 189 Å². The smallest absolute Gasteiger partial charge is 0.408 e. The minimum atomic E-state index is -1.78. The van der Waals surface area contributed by atoms with Gasteiger partial charge in [0, 0.05) is 5.92 Å². The largest absolute Gasteiger partial charge is 0.479 e. The predicted molar refractivity (Wildman–Crippen MR) is 125 cm³/mol. The van der Waals surface area contributed by atoms with E-state index in [1.54, 1.807) is 0 Å². The number of allylic oxidation sites excluding steroid dienone is 1. The van der Waals surface area contributed by atoms with Crippen molar-refractivity contribution in [2.45, 2.75) is 50.0 Å². The van der Waals surface area contributed by atoms with Gasteiger partial charge in [0.15, 0.2) is 0 Å². The van der Waals surface area contributed by atoms with Crippen LogP contribution in [0, 0.1) is 12.3 Å². The summed E-state index contributed by atoms with van der Waals surface area (Å²) in [5.41, 5.74) is 2.64. The number of ether oxygens (including phenoxy) is 1. The second-order valence-electron chi connectivity index (χ2n) is 8.05. The van der Waals surface area contributed by atoms with Crippen LogP contribution in [0.25, 0.3) is 11.1 Å². The number of unbranched alkanes of at least 4 members (excludes halogenated alkanes) is 4. The first-order valence-electron chi connectivity index (χ1n) is 11.0. The third-order valence-corrected chi connectivity index (χ3v) is 5.98. The Bertz CT molecular complexity index is 977. The third kappa shape index (κ3) is 5.03. The Morgan fingerprint density at radius 1 is 1.06 bits per heavy atom. The summed E-state index contributed by atoms with van der Waals surface area (Å²) in [5, 5.41) is 12.2. The summed E-state index contributed by atoms with van der Waals surface area (Å²) in [6, 6.07) is 16.0. The van der Waals surface area contributed by atoms with Crippen LogP contribution in [0.4, 0.5) is 4.79 Å². The second kappa shape index (κ2) is 10.7. The van der Waals surface area contributed by atoms with Gasteiger partial charge in [0.1, 0.15) is 6.61 Å². The number of nitrogens with one attached hydrogen (secondary N) is 1. The van der Waals surface area contributed by atoms with Crippen molar-refractivity contribution in [3.8, 4) is 23.5 Å². The monoisotopic (exact) mass is 431 g/mol. The second-order valence-corrected chi connectivity index (χ2v) is 8.05. The van der Waals surface area contributed by atoms with E-state index in [0.29, 0.717) is 6.42 Å². The van der Waals surface area contributed by atoms with E-state index >= 15 is 0 Å². The molecule has 3 rings (SSSR count). The van der Waals surface area contributed by atoms with Crippen LogP contribution in [0.15, 0.2) is 61.2 Å². The summed E-state index contributed by atoms with van der Waals surface area (Å²) < 4.78 is 5.49. The first kappa shape index (κ1) is 23.1. The van der Waals surface area contributed by atoms with Crippen molar-refractivity contribution in [3.05, 3.63) is 72.3 Å². The number of carboxylic acid groups (broad SMARTS) is 1. The molecule has 0 saturated carbocycles. The quantitative estimate of drug-likeness (QED) is 0.279. The lowest BCUT2D eigenvalue weighted by atomic mass is 9.93. The van der Waals surface area contributed by atoms with E-state index in [-0.39, 0.29) is 18.9 Å². The average molecular weight is 432 g/mol. The minimum absolute atomic E-state index is 0.0989. The maximum atomic E-state index is 12.6. The number of benzene rings is 2. The van der Waals surface area contributed by atoms with Crippen LogP contribution in [0.3, 0.4) is 0 Å². The summed E-state index contributed by atoms with van der Waals surface area (Å²) in [7, 11) is 0.